The molecule has 1 aliphatic rings. The van der Waals surface area contributed by atoms with E-state index in [1.54, 1.807) is 6.92 Å². The van der Waals surface area contributed by atoms with Crippen molar-refractivity contribution < 1.29 is 27.1 Å². The van der Waals surface area contributed by atoms with Crippen LogP contribution in [0.2, 0.25) is 0 Å². The number of furan rings is 1. The van der Waals surface area contributed by atoms with Crippen molar-refractivity contribution in [1.29, 1.82) is 0 Å². The number of piperazine rings is 1. The first kappa shape index (κ1) is 23.2. The van der Waals surface area contributed by atoms with E-state index >= 15 is 0 Å². The van der Waals surface area contributed by atoms with E-state index < -0.39 is 29.6 Å². The number of nitrogens with one attached hydrogen (secondary N) is 1. The third kappa shape index (κ3) is 3.94. The summed E-state index contributed by atoms with van der Waals surface area (Å²) < 4.78 is 51.8. The second kappa shape index (κ2) is 8.75. The second-order valence-corrected chi connectivity index (χ2v) is 7.32. The molecule has 0 radical (unpaired) electrons. The Morgan fingerprint density at radius 2 is 2.15 bits per heavy atom. The molecule has 1 unspecified atom stereocenters. The number of fused-ring (bicyclic) bond motifs is 1. The van der Waals surface area contributed by atoms with Crippen LogP contribution in [-0.4, -0.2) is 56.7 Å². The van der Waals surface area contributed by atoms with E-state index in [0.29, 0.717) is 12.2 Å². The fourth-order valence-corrected chi connectivity index (χ4v) is 3.63. The molecule has 0 saturated carbocycles. The lowest BCUT2D eigenvalue weighted by molar-refractivity contribution is -0.205. The number of halogens is 3. The Bertz CT molecular complexity index is 1410. The normalized spacial score (nSPS) is 16.4. The Labute approximate surface area is 189 Å². The van der Waals surface area contributed by atoms with Gasteiger partial charge in [-0.15, -0.1) is 5.92 Å². The molecule has 3 aromatic rings. The van der Waals surface area contributed by atoms with Crippen LogP contribution in [0.5, 0.6) is 0 Å². The maximum Gasteiger partial charge on any atom is 0.491 e. The fourth-order valence-electron chi connectivity index (χ4n) is 3.63. The summed E-state index contributed by atoms with van der Waals surface area (Å²) in [4.78, 5) is 43.3. The van der Waals surface area contributed by atoms with Crippen molar-refractivity contribution in [3.05, 3.63) is 39.4 Å². The quantitative estimate of drug-likeness (QED) is 0.420. The number of ether oxygens (including phenoxy) is 1. The van der Waals surface area contributed by atoms with Crippen LogP contribution in [0.3, 0.4) is 0 Å². The van der Waals surface area contributed by atoms with E-state index in [0.717, 1.165) is 9.13 Å². The van der Waals surface area contributed by atoms with Crippen molar-refractivity contribution in [3.63, 3.8) is 0 Å². The zero-order valence-corrected chi connectivity index (χ0v) is 18.0. The van der Waals surface area contributed by atoms with Crippen LogP contribution in [-0.2, 0) is 23.1 Å². The van der Waals surface area contributed by atoms with E-state index in [1.807, 2.05) is 0 Å². The lowest BCUT2D eigenvalue weighted by Crippen LogP contribution is -2.55. The highest BCUT2D eigenvalue weighted by atomic mass is 19.4. The highest BCUT2D eigenvalue weighted by Gasteiger charge is 2.44. The zero-order valence-electron chi connectivity index (χ0n) is 18.0. The molecule has 1 fully saturated rings. The predicted octanol–water partition coefficient (Wildman–Crippen LogP) is 0.343. The number of imidazole rings is 1. The van der Waals surface area contributed by atoms with E-state index in [2.05, 4.69) is 22.1 Å². The van der Waals surface area contributed by atoms with E-state index in [-0.39, 0.29) is 36.7 Å². The number of rotatable bonds is 4. The van der Waals surface area contributed by atoms with E-state index in [4.69, 9.17) is 9.15 Å². The maximum absolute atomic E-state index is 13.1. The van der Waals surface area contributed by atoms with Crippen LogP contribution in [0.1, 0.15) is 6.92 Å². The minimum absolute atomic E-state index is 0.000445. The summed E-state index contributed by atoms with van der Waals surface area (Å²) in [6.07, 6.45) is -3.93. The first-order valence-corrected chi connectivity index (χ1v) is 10.0. The van der Waals surface area contributed by atoms with Gasteiger partial charge in [0.05, 0.1) is 25.0 Å². The van der Waals surface area contributed by atoms with Crippen molar-refractivity contribution in [1.82, 2.24) is 24.0 Å². The lowest BCUT2D eigenvalue weighted by atomic mass is 10.3. The topological polar surface area (TPSA) is 117 Å². The smallest absolute Gasteiger partial charge is 0.470 e. The van der Waals surface area contributed by atoms with Gasteiger partial charge in [0.1, 0.15) is 6.26 Å². The summed E-state index contributed by atoms with van der Waals surface area (Å²) in [5.74, 6) is 3.18. The van der Waals surface area contributed by atoms with Gasteiger partial charge < -0.3 is 19.4 Å². The van der Waals surface area contributed by atoms with E-state index in [1.165, 1.54) is 35.1 Å². The van der Waals surface area contributed by atoms with Crippen molar-refractivity contribution in [3.8, 4) is 17.5 Å². The van der Waals surface area contributed by atoms with Crippen molar-refractivity contribution >= 4 is 23.1 Å². The second-order valence-electron chi connectivity index (χ2n) is 7.32. The average molecular weight is 480 g/mol. The third-order valence-corrected chi connectivity index (χ3v) is 5.23. The predicted molar refractivity (Wildman–Crippen MR) is 112 cm³/mol. The third-order valence-electron chi connectivity index (χ3n) is 5.23. The molecule has 4 rings (SSSR count). The number of carbonyl (C=O) groups is 1. The van der Waals surface area contributed by atoms with Gasteiger partial charge in [-0.05, 0) is 6.92 Å². The van der Waals surface area contributed by atoms with Gasteiger partial charge in [-0.2, -0.15) is 18.2 Å². The highest BCUT2D eigenvalue weighted by Crippen LogP contribution is 2.26. The monoisotopic (exact) mass is 480 g/mol. The van der Waals surface area contributed by atoms with Crippen LogP contribution in [0.25, 0.3) is 16.9 Å². The number of carbonyl (C=O) groups excluding carboxylic acids is 1. The van der Waals surface area contributed by atoms with Gasteiger partial charge in [-0.1, -0.05) is 5.92 Å². The zero-order chi connectivity index (χ0) is 24.6. The van der Waals surface area contributed by atoms with Gasteiger partial charge in [0.2, 0.25) is 5.95 Å². The molecular formula is C20H19F3N6O5. The highest BCUT2D eigenvalue weighted by molar-refractivity contribution is 5.78. The number of aromatic nitrogens is 4. The Morgan fingerprint density at radius 1 is 1.38 bits per heavy atom. The van der Waals surface area contributed by atoms with Gasteiger partial charge in [0, 0.05) is 26.2 Å². The first-order valence-electron chi connectivity index (χ1n) is 10.0. The lowest BCUT2D eigenvalue weighted by Gasteiger charge is -2.36. The largest absolute Gasteiger partial charge is 0.491 e. The molecule has 1 N–H and O–H groups in total. The van der Waals surface area contributed by atoms with Crippen LogP contribution >= 0.6 is 0 Å². The molecule has 0 bridgehead atoms. The average Bonchev–Trinajstić information content (AvgIpc) is 3.45. The molecule has 3 aromatic heterocycles. The summed E-state index contributed by atoms with van der Waals surface area (Å²) >= 11 is 0. The van der Waals surface area contributed by atoms with Crippen LogP contribution in [0, 0.1) is 11.8 Å². The van der Waals surface area contributed by atoms with Gasteiger partial charge >= 0.3 is 17.8 Å². The van der Waals surface area contributed by atoms with Crippen molar-refractivity contribution in [2.24, 2.45) is 7.05 Å². The molecule has 11 nitrogen and oxygen atoms in total. The Balaban J connectivity index is 1.96. The number of nitrogens with zero attached hydrogens (tertiary/aromatic N) is 5. The number of hydrogen-bond donors (Lipinski definition) is 1. The van der Waals surface area contributed by atoms with Gasteiger partial charge in [0.25, 0.3) is 5.56 Å². The number of esters is 1. The van der Waals surface area contributed by atoms with Crippen molar-refractivity contribution in [2.75, 3.05) is 24.5 Å². The SMILES string of the molecule is CC#CCn1c(N2CCNCC2OC(=O)C(F)(F)F)nc2c1c(=O)n(C)c(=O)n2-c1ccoc1. The standard InChI is InChI=1S/C20H19F3N6O5/c1-3-4-7-28-14-15(29(12-5-9-33-11-12)19(32)26(2)16(14)30)25-18(28)27-8-6-24-10-13(27)34-17(31)20(21,22)23/h5,9,11,13,24H,6-8,10H2,1-2H3. The molecule has 0 amide bonds. The first-order chi connectivity index (χ1) is 16.1. The fraction of sp³-hybridized carbons (Fsp3) is 0.400. The molecule has 34 heavy (non-hydrogen) atoms. The van der Waals surface area contributed by atoms with Gasteiger partial charge in [0.15, 0.2) is 17.4 Å². The summed E-state index contributed by atoms with van der Waals surface area (Å²) in [6.45, 7) is 1.86. The van der Waals surface area contributed by atoms with Gasteiger partial charge in [-0.25, -0.2) is 14.2 Å². The Kier molecular flexibility index (Phi) is 5.96. The molecule has 1 saturated heterocycles. The summed E-state index contributed by atoms with van der Waals surface area (Å²) in [5, 5.41) is 2.87. The molecule has 0 aromatic carbocycles. The summed E-state index contributed by atoms with van der Waals surface area (Å²) in [6, 6.07) is 1.49. The maximum atomic E-state index is 13.1. The molecule has 1 aliphatic heterocycles. The van der Waals surface area contributed by atoms with Gasteiger partial charge in [-0.3, -0.25) is 13.9 Å². The Morgan fingerprint density at radius 3 is 2.79 bits per heavy atom. The van der Waals surface area contributed by atoms with Crippen LogP contribution in [0.4, 0.5) is 19.1 Å². The van der Waals surface area contributed by atoms with E-state index in [9.17, 15) is 27.6 Å². The Hall–Kier alpha value is -3.99. The number of hydrogen-bond acceptors (Lipinski definition) is 8. The van der Waals surface area contributed by atoms with Crippen LogP contribution < -0.4 is 21.5 Å². The van der Waals surface area contributed by atoms with Crippen molar-refractivity contribution in [2.45, 2.75) is 25.9 Å². The molecule has 1 atom stereocenters. The van der Waals surface area contributed by atoms with Crippen LogP contribution in [0.15, 0.2) is 32.6 Å². The number of anilines is 1. The minimum atomic E-state index is -5.19. The molecule has 0 aliphatic carbocycles. The molecule has 0 spiro atoms. The molecule has 180 valence electrons. The number of alkyl halides is 3. The summed E-state index contributed by atoms with van der Waals surface area (Å²) in [7, 11) is 1.29. The molecule has 14 heteroatoms. The minimum Gasteiger partial charge on any atom is -0.470 e. The molecular weight excluding hydrogens is 461 g/mol. The summed E-state index contributed by atoms with van der Waals surface area (Å²) in [5.41, 5.74) is -1.11. The molecule has 4 heterocycles.